The Kier molecular flexibility index (Phi) is 3.53. The van der Waals surface area contributed by atoms with E-state index in [1.54, 1.807) is 0 Å². The summed E-state index contributed by atoms with van der Waals surface area (Å²) in [7, 11) is 0. The molecular formula is C10H10ClNO. The second-order valence-corrected chi connectivity index (χ2v) is 2.83. The molecule has 0 fully saturated rings. The second-order valence-electron chi connectivity index (χ2n) is 2.57. The Morgan fingerprint density at radius 1 is 1.38 bits per heavy atom. The van der Waals surface area contributed by atoms with Crippen molar-refractivity contribution >= 4 is 23.1 Å². The van der Waals surface area contributed by atoms with Gasteiger partial charge in [0, 0.05) is 11.8 Å². The lowest BCUT2D eigenvalue weighted by molar-refractivity contribution is -0.112. The quantitative estimate of drug-likeness (QED) is 0.591. The number of carbonyl (C=O) groups is 1. The summed E-state index contributed by atoms with van der Waals surface area (Å²) in [6.07, 6.45) is 1.35. The van der Waals surface area contributed by atoms with E-state index in [0.29, 0.717) is 5.70 Å². The van der Waals surface area contributed by atoms with Gasteiger partial charge in [-0.25, -0.2) is 0 Å². The number of hydrogen-bond donors (Lipinski definition) is 1. The van der Waals surface area contributed by atoms with Crippen molar-refractivity contribution < 1.29 is 4.79 Å². The van der Waals surface area contributed by atoms with Gasteiger partial charge in [-0.2, -0.15) is 0 Å². The standard InChI is InChI=1S/C10H10ClNO/c11-7-9(13)6-10(12)8-4-2-1-3-5-8/h1-6H,7,12H2. The van der Waals surface area contributed by atoms with Gasteiger partial charge in [-0.05, 0) is 5.56 Å². The van der Waals surface area contributed by atoms with Crippen LogP contribution in [-0.2, 0) is 4.79 Å². The van der Waals surface area contributed by atoms with E-state index in [0.717, 1.165) is 5.56 Å². The van der Waals surface area contributed by atoms with E-state index < -0.39 is 0 Å². The molecule has 1 aromatic carbocycles. The van der Waals surface area contributed by atoms with E-state index >= 15 is 0 Å². The first-order valence-electron chi connectivity index (χ1n) is 3.85. The van der Waals surface area contributed by atoms with E-state index in [1.165, 1.54) is 6.08 Å². The van der Waals surface area contributed by atoms with Crippen molar-refractivity contribution in [3.05, 3.63) is 42.0 Å². The monoisotopic (exact) mass is 195 g/mol. The Morgan fingerprint density at radius 2 is 2.00 bits per heavy atom. The lowest BCUT2D eigenvalue weighted by Gasteiger charge is -1.99. The van der Waals surface area contributed by atoms with Gasteiger partial charge >= 0.3 is 0 Å². The minimum absolute atomic E-state index is 0.0342. The van der Waals surface area contributed by atoms with Crippen molar-refractivity contribution in [3.63, 3.8) is 0 Å². The molecule has 0 atom stereocenters. The smallest absolute Gasteiger partial charge is 0.172 e. The number of hydrogen-bond acceptors (Lipinski definition) is 2. The SMILES string of the molecule is NC(=CC(=O)CCl)c1ccccc1. The van der Waals surface area contributed by atoms with Crippen molar-refractivity contribution in [1.82, 2.24) is 0 Å². The van der Waals surface area contributed by atoms with Gasteiger partial charge in [0.15, 0.2) is 5.78 Å². The molecule has 13 heavy (non-hydrogen) atoms. The molecule has 0 heterocycles. The maximum absolute atomic E-state index is 10.9. The highest BCUT2D eigenvalue weighted by Crippen LogP contribution is 2.07. The third kappa shape index (κ3) is 2.92. The molecule has 0 aliphatic rings. The van der Waals surface area contributed by atoms with E-state index in [1.807, 2.05) is 30.3 Å². The average molecular weight is 196 g/mol. The Bertz CT molecular complexity index is 319. The van der Waals surface area contributed by atoms with Crippen LogP contribution >= 0.6 is 11.6 Å². The fourth-order valence-corrected chi connectivity index (χ4v) is 1.00. The van der Waals surface area contributed by atoms with Gasteiger partial charge in [0.25, 0.3) is 0 Å². The number of rotatable bonds is 3. The normalized spacial score (nSPS) is 11.3. The predicted octanol–water partition coefficient (Wildman–Crippen LogP) is 1.79. The molecule has 2 nitrogen and oxygen atoms in total. The van der Waals surface area contributed by atoms with E-state index in [4.69, 9.17) is 17.3 Å². The van der Waals surface area contributed by atoms with Crippen molar-refractivity contribution in [1.29, 1.82) is 0 Å². The fourth-order valence-electron chi connectivity index (χ4n) is 0.926. The molecule has 0 aliphatic carbocycles. The van der Waals surface area contributed by atoms with Crippen LogP contribution in [-0.4, -0.2) is 11.7 Å². The topological polar surface area (TPSA) is 43.1 Å². The highest BCUT2D eigenvalue weighted by Gasteiger charge is 1.98. The number of ketones is 1. The summed E-state index contributed by atoms with van der Waals surface area (Å²) >= 11 is 5.33. The van der Waals surface area contributed by atoms with Crippen LogP contribution in [0.1, 0.15) is 5.56 Å². The molecule has 1 aromatic rings. The molecule has 3 heteroatoms. The molecule has 0 aliphatic heterocycles. The first-order valence-corrected chi connectivity index (χ1v) is 4.39. The van der Waals surface area contributed by atoms with Gasteiger partial charge in [0.1, 0.15) is 0 Å². The molecule has 0 radical (unpaired) electrons. The zero-order valence-corrected chi connectivity index (χ0v) is 7.79. The van der Waals surface area contributed by atoms with Crippen LogP contribution in [0, 0.1) is 0 Å². The molecule has 2 N–H and O–H groups in total. The highest BCUT2D eigenvalue weighted by molar-refractivity contribution is 6.30. The van der Waals surface area contributed by atoms with Crippen LogP contribution in [0.5, 0.6) is 0 Å². The third-order valence-corrected chi connectivity index (χ3v) is 1.82. The molecule has 0 bridgehead atoms. The van der Waals surface area contributed by atoms with Crippen molar-refractivity contribution in [2.24, 2.45) is 5.73 Å². The Hall–Kier alpha value is -1.28. The molecular weight excluding hydrogens is 186 g/mol. The van der Waals surface area contributed by atoms with Crippen LogP contribution in [0.25, 0.3) is 5.70 Å². The van der Waals surface area contributed by atoms with E-state index in [2.05, 4.69) is 0 Å². The number of nitrogens with two attached hydrogens (primary N) is 1. The van der Waals surface area contributed by atoms with Crippen LogP contribution in [0.3, 0.4) is 0 Å². The average Bonchev–Trinajstić information content (AvgIpc) is 2.19. The van der Waals surface area contributed by atoms with Gasteiger partial charge in [-0.3, -0.25) is 4.79 Å². The van der Waals surface area contributed by atoms with Crippen LogP contribution < -0.4 is 5.73 Å². The first-order chi connectivity index (χ1) is 6.24. The minimum atomic E-state index is -0.178. The van der Waals surface area contributed by atoms with Gasteiger partial charge in [0.2, 0.25) is 0 Å². The molecule has 0 saturated heterocycles. The lowest BCUT2D eigenvalue weighted by Crippen LogP contribution is -2.02. The van der Waals surface area contributed by atoms with E-state index in [9.17, 15) is 4.79 Å². The lowest BCUT2D eigenvalue weighted by atomic mass is 10.1. The largest absolute Gasteiger partial charge is 0.398 e. The summed E-state index contributed by atoms with van der Waals surface area (Å²) in [6, 6.07) is 9.29. The zero-order chi connectivity index (χ0) is 9.68. The number of halogens is 1. The fraction of sp³-hybridized carbons (Fsp3) is 0.100. The number of alkyl halides is 1. The minimum Gasteiger partial charge on any atom is -0.398 e. The molecule has 0 saturated carbocycles. The van der Waals surface area contributed by atoms with Gasteiger partial charge in [-0.1, -0.05) is 30.3 Å². The summed E-state index contributed by atoms with van der Waals surface area (Å²) in [6.45, 7) is 0. The molecule has 0 unspecified atom stereocenters. The maximum Gasteiger partial charge on any atom is 0.172 e. The highest BCUT2D eigenvalue weighted by atomic mass is 35.5. The van der Waals surface area contributed by atoms with Crippen molar-refractivity contribution in [3.8, 4) is 0 Å². The number of benzene rings is 1. The summed E-state index contributed by atoms with van der Waals surface area (Å²) in [5.74, 6) is -0.212. The molecule has 0 amide bonds. The molecule has 0 aromatic heterocycles. The maximum atomic E-state index is 10.9. The Labute approximate surface area is 82.0 Å². The number of carbonyl (C=O) groups excluding carboxylic acids is 1. The second kappa shape index (κ2) is 4.67. The Morgan fingerprint density at radius 3 is 2.54 bits per heavy atom. The van der Waals surface area contributed by atoms with Gasteiger partial charge in [-0.15, -0.1) is 11.6 Å². The zero-order valence-electron chi connectivity index (χ0n) is 7.03. The predicted molar refractivity (Wildman–Crippen MR) is 54.3 cm³/mol. The Balaban J connectivity index is 2.85. The summed E-state index contributed by atoms with van der Waals surface area (Å²) in [5.41, 5.74) is 6.94. The first kappa shape index (κ1) is 9.81. The van der Waals surface area contributed by atoms with Crippen LogP contribution in [0.15, 0.2) is 36.4 Å². The third-order valence-electron chi connectivity index (χ3n) is 1.56. The van der Waals surface area contributed by atoms with Crippen molar-refractivity contribution in [2.75, 3.05) is 5.88 Å². The van der Waals surface area contributed by atoms with Gasteiger partial charge in [0.05, 0.1) is 5.88 Å². The summed E-state index contributed by atoms with van der Waals surface area (Å²) in [5, 5.41) is 0. The van der Waals surface area contributed by atoms with Crippen molar-refractivity contribution in [2.45, 2.75) is 0 Å². The molecule has 68 valence electrons. The summed E-state index contributed by atoms with van der Waals surface area (Å²) < 4.78 is 0. The number of allylic oxidation sites excluding steroid dienone is 1. The van der Waals surface area contributed by atoms with E-state index in [-0.39, 0.29) is 11.7 Å². The summed E-state index contributed by atoms with van der Waals surface area (Å²) in [4.78, 5) is 10.9. The van der Waals surface area contributed by atoms with Crippen LogP contribution in [0.2, 0.25) is 0 Å². The van der Waals surface area contributed by atoms with Gasteiger partial charge < -0.3 is 5.73 Å². The molecule has 1 rings (SSSR count). The van der Waals surface area contributed by atoms with Crippen LogP contribution in [0.4, 0.5) is 0 Å². The molecule has 0 spiro atoms.